The number of nitrogens with zero attached hydrogens (tertiary/aromatic N) is 2. The van der Waals surface area contributed by atoms with Crippen LogP contribution < -0.4 is 5.32 Å². The number of anilines is 1. The van der Waals surface area contributed by atoms with Gasteiger partial charge in [0.05, 0.1) is 10.6 Å². The van der Waals surface area contributed by atoms with Gasteiger partial charge < -0.3 is 0 Å². The maximum atomic E-state index is 12.3. The molecule has 114 valence electrons. The highest BCUT2D eigenvalue weighted by Crippen LogP contribution is 2.30. The van der Waals surface area contributed by atoms with Crippen molar-refractivity contribution in [2.45, 2.75) is 25.7 Å². The molecule has 0 saturated carbocycles. The van der Waals surface area contributed by atoms with E-state index >= 15 is 0 Å². The van der Waals surface area contributed by atoms with Gasteiger partial charge in [-0.1, -0.05) is 11.6 Å². The lowest BCUT2D eigenvalue weighted by atomic mass is 10.0. The van der Waals surface area contributed by atoms with Crippen molar-refractivity contribution < 1.29 is 9.72 Å². The third-order valence-electron chi connectivity index (χ3n) is 3.47. The molecule has 2 aromatic rings. The van der Waals surface area contributed by atoms with Crippen LogP contribution in [0.2, 0.25) is 5.02 Å². The molecule has 1 aliphatic rings. The fourth-order valence-electron chi connectivity index (χ4n) is 2.42. The highest BCUT2D eigenvalue weighted by molar-refractivity contribution is 7.15. The Morgan fingerprint density at radius 1 is 1.36 bits per heavy atom. The summed E-state index contributed by atoms with van der Waals surface area (Å²) in [7, 11) is 0. The largest absolute Gasteiger partial charge is 0.298 e. The van der Waals surface area contributed by atoms with Crippen LogP contribution in [-0.4, -0.2) is 15.8 Å². The lowest BCUT2D eigenvalue weighted by Gasteiger charge is -2.06. The fourth-order valence-corrected chi connectivity index (χ4v) is 3.64. The number of hydrogen-bond acceptors (Lipinski definition) is 5. The second kappa shape index (κ2) is 6.02. The molecule has 6 nitrogen and oxygen atoms in total. The number of benzene rings is 1. The number of rotatable bonds is 3. The minimum atomic E-state index is -0.599. The van der Waals surface area contributed by atoms with Crippen LogP contribution in [0.15, 0.2) is 18.2 Å². The maximum absolute atomic E-state index is 12.3. The van der Waals surface area contributed by atoms with Crippen molar-refractivity contribution in [2.75, 3.05) is 5.32 Å². The Hall–Kier alpha value is -1.99. The van der Waals surface area contributed by atoms with Gasteiger partial charge >= 0.3 is 0 Å². The number of hydrogen-bond donors (Lipinski definition) is 1. The Morgan fingerprint density at radius 2 is 2.14 bits per heavy atom. The van der Waals surface area contributed by atoms with Gasteiger partial charge in [-0.3, -0.25) is 20.2 Å². The molecule has 0 aliphatic heterocycles. The average Bonchev–Trinajstić information content (AvgIpc) is 2.88. The first kappa shape index (κ1) is 14.9. The number of nitrogens with one attached hydrogen (secondary N) is 1. The smallest absolute Gasteiger partial charge is 0.282 e. The van der Waals surface area contributed by atoms with Crippen molar-refractivity contribution in [2.24, 2.45) is 0 Å². The van der Waals surface area contributed by atoms with Gasteiger partial charge in [0.2, 0.25) is 0 Å². The molecule has 1 N–H and O–H groups in total. The minimum Gasteiger partial charge on any atom is -0.298 e. The molecule has 1 amide bonds. The quantitative estimate of drug-likeness (QED) is 0.681. The van der Waals surface area contributed by atoms with Crippen LogP contribution in [0.5, 0.6) is 0 Å². The number of aromatic nitrogens is 1. The van der Waals surface area contributed by atoms with Gasteiger partial charge in [0.25, 0.3) is 11.6 Å². The number of carbonyl (C=O) groups is 1. The summed E-state index contributed by atoms with van der Waals surface area (Å²) < 4.78 is 0. The first-order valence-electron chi connectivity index (χ1n) is 6.78. The van der Waals surface area contributed by atoms with Crippen molar-refractivity contribution in [3.8, 4) is 0 Å². The van der Waals surface area contributed by atoms with E-state index in [0.717, 1.165) is 31.4 Å². The molecule has 1 aromatic carbocycles. The van der Waals surface area contributed by atoms with Crippen LogP contribution in [0.25, 0.3) is 0 Å². The molecule has 22 heavy (non-hydrogen) atoms. The zero-order valence-corrected chi connectivity index (χ0v) is 13.0. The maximum Gasteiger partial charge on any atom is 0.282 e. The molecular weight excluding hydrogens is 326 g/mol. The molecule has 0 spiro atoms. The Balaban J connectivity index is 1.87. The van der Waals surface area contributed by atoms with E-state index in [1.54, 1.807) is 0 Å². The lowest BCUT2D eigenvalue weighted by molar-refractivity contribution is -0.385. The van der Waals surface area contributed by atoms with Gasteiger partial charge in [0.15, 0.2) is 5.13 Å². The third kappa shape index (κ3) is 2.95. The predicted molar refractivity (Wildman–Crippen MR) is 84.8 cm³/mol. The van der Waals surface area contributed by atoms with Crippen LogP contribution in [0.4, 0.5) is 10.8 Å². The fraction of sp³-hybridized carbons (Fsp3) is 0.286. The Kier molecular flexibility index (Phi) is 4.08. The summed E-state index contributed by atoms with van der Waals surface area (Å²) in [4.78, 5) is 28.3. The standard InChI is InChI=1S/C14H12ClN3O3S/c15-8-5-6-11(18(20)21)9(7-8)13(19)17-14-16-10-3-1-2-4-12(10)22-14/h5-7H,1-4H2,(H,16,17,19). The van der Waals surface area contributed by atoms with Gasteiger partial charge in [-0.25, -0.2) is 4.98 Å². The first-order valence-corrected chi connectivity index (χ1v) is 7.98. The van der Waals surface area contributed by atoms with E-state index in [0.29, 0.717) is 5.13 Å². The molecule has 0 bridgehead atoms. The summed E-state index contributed by atoms with van der Waals surface area (Å²) in [5.41, 5.74) is 0.682. The zero-order chi connectivity index (χ0) is 15.7. The lowest BCUT2D eigenvalue weighted by Crippen LogP contribution is -2.14. The second-order valence-corrected chi connectivity index (χ2v) is 6.49. The van der Waals surface area contributed by atoms with Crippen LogP contribution in [0, 0.1) is 10.1 Å². The van der Waals surface area contributed by atoms with Crippen LogP contribution in [-0.2, 0) is 12.8 Å². The molecule has 1 aromatic heterocycles. The van der Waals surface area contributed by atoms with Crippen LogP contribution in [0.1, 0.15) is 33.8 Å². The molecule has 1 heterocycles. The topological polar surface area (TPSA) is 85.1 Å². The third-order valence-corrected chi connectivity index (χ3v) is 4.77. The normalized spacial score (nSPS) is 13.5. The molecule has 0 fully saturated rings. The van der Waals surface area contributed by atoms with Crippen molar-refractivity contribution in [3.05, 3.63) is 49.5 Å². The summed E-state index contributed by atoms with van der Waals surface area (Å²) in [6, 6.07) is 3.91. The summed E-state index contributed by atoms with van der Waals surface area (Å²) in [5, 5.41) is 14.4. The van der Waals surface area contributed by atoms with Crippen molar-refractivity contribution in [1.29, 1.82) is 0 Å². The van der Waals surface area contributed by atoms with E-state index < -0.39 is 10.8 Å². The van der Waals surface area contributed by atoms with E-state index in [4.69, 9.17) is 11.6 Å². The minimum absolute atomic E-state index is 0.0642. The highest BCUT2D eigenvalue weighted by Gasteiger charge is 2.22. The van der Waals surface area contributed by atoms with Gasteiger partial charge in [0, 0.05) is 16.0 Å². The van der Waals surface area contributed by atoms with E-state index in [1.807, 2.05) is 0 Å². The molecule has 1 aliphatic carbocycles. The van der Waals surface area contributed by atoms with E-state index in [9.17, 15) is 14.9 Å². The second-order valence-electron chi connectivity index (χ2n) is 4.97. The molecule has 0 atom stereocenters. The Morgan fingerprint density at radius 3 is 2.86 bits per heavy atom. The van der Waals surface area contributed by atoms with E-state index in [-0.39, 0.29) is 16.3 Å². The number of thiazole rings is 1. The van der Waals surface area contributed by atoms with Crippen molar-refractivity contribution in [3.63, 3.8) is 0 Å². The average molecular weight is 338 g/mol. The van der Waals surface area contributed by atoms with Gasteiger partial charge in [-0.15, -0.1) is 11.3 Å². The molecule has 0 radical (unpaired) electrons. The molecule has 8 heteroatoms. The monoisotopic (exact) mass is 337 g/mol. The molecule has 3 rings (SSSR count). The van der Waals surface area contributed by atoms with Crippen LogP contribution >= 0.6 is 22.9 Å². The number of amides is 1. The van der Waals surface area contributed by atoms with Gasteiger partial charge in [-0.05, 0) is 37.8 Å². The number of fused-ring (bicyclic) bond motifs is 1. The summed E-state index contributed by atoms with van der Waals surface area (Å²) in [6.45, 7) is 0. The predicted octanol–water partition coefficient (Wildman–Crippen LogP) is 3.84. The Labute approximate surface area is 135 Å². The molecule has 0 saturated heterocycles. The number of nitro benzene ring substituents is 1. The number of carbonyl (C=O) groups excluding carboxylic acids is 1. The highest BCUT2D eigenvalue weighted by atomic mass is 35.5. The summed E-state index contributed by atoms with van der Waals surface area (Å²) in [5.74, 6) is -0.569. The number of halogens is 1. The molecule has 0 unspecified atom stereocenters. The first-order chi connectivity index (χ1) is 10.5. The van der Waals surface area contributed by atoms with Crippen LogP contribution in [0.3, 0.4) is 0 Å². The Bertz CT molecular complexity index is 736. The summed E-state index contributed by atoms with van der Waals surface area (Å²) >= 11 is 7.27. The van der Waals surface area contributed by atoms with Crippen molar-refractivity contribution >= 4 is 39.7 Å². The van der Waals surface area contributed by atoms with Crippen molar-refractivity contribution in [1.82, 2.24) is 4.98 Å². The van der Waals surface area contributed by atoms with E-state index in [1.165, 1.54) is 34.4 Å². The van der Waals surface area contributed by atoms with E-state index in [2.05, 4.69) is 10.3 Å². The number of nitro groups is 1. The molecular formula is C14H12ClN3O3S. The zero-order valence-electron chi connectivity index (χ0n) is 11.5. The SMILES string of the molecule is O=C(Nc1nc2c(s1)CCCC2)c1cc(Cl)ccc1[N+](=O)[O-]. The van der Waals surface area contributed by atoms with Gasteiger partial charge in [-0.2, -0.15) is 0 Å². The van der Waals surface area contributed by atoms with Gasteiger partial charge in [0.1, 0.15) is 5.56 Å². The number of aryl methyl sites for hydroxylation is 2. The summed E-state index contributed by atoms with van der Waals surface area (Å²) in [6.07, 6.45) is 4.12.